The predicted octanol–water partition coefficient (Wildman–Crippen LogP) is 1.80. The van der Waals surface area contributed by atoms with Crippen LogP contribution < -0.4 is 10.6 Å². The molecule has 2 N–H and O–H groups in total. The molecule has 0 aliphatic carbocycles. The summed E-state index contributed by atoms with van der Waals surface area (Å²) in [6, 6.07) is 8.65. The molecule has 0 bridgehead atoms. The van der Waals surface area contributed by atoms with E-state index in [1.54, 1.807) is 24.3 Å². The van der Waals surface area contributed by atoms with Gasteiger partial charge in [-0.05, 0) is 18.6 Å². The number of unbranched alkanes of at least 4 members (excludes halogenated alkanes) is 1. The minimum absolute atomic E-state index is 0.233. The fraction of sp³-hybridized carbons (Fsp3) is 0.357. The zero-order valence-electron chi connectivity index (χ0n) is 10.9. The van der Waals surface area contributed by atoms with E-state index in [-0.39, 0.29) is 12.3 Å². The average molecular weight is 259 g/mol. The smallest absolute Gasteiger partial charge is 0.233 e. The van der Waals surface area contributed by atoms with Crippen molar-refractivity contribution in [1.82, 2.24) is 5.32 Å². The molecule has 2 amide bonds. The van der Waals surface area contributed by atoms with E-state index in [0.717, 1.165) is 12.8 Å². The third-order valence-corrected chi connectivity index (χ3v) is 2.50. The zero-order valence-corrected chi connectivity index (χ0v) is 10.9. The van der Waals surface area contributed by atoms with Crippen LogP contribution in [-0.4, -0.2) is 18.4 Å². The van der Waals surface area contributed by atoms with E-state index in [9.17, 15) is 9.59 Å². The highest BCUT2D eigenvalue weighted by Gasteiger charge is 2.10. The Morgan fingerprint density at radius 2 is 2.00 bits per heavy atom. The number of nitrogens with one attached hydrogen (secondary N) is 2. The molecular formula is C14H17N3O2. The maximum Gasteiger partial charge on any atom is 0.233 e. The summed E-state index contributed by atoms with van der Waals surface area (Å²) >= 11 is 0. The van der Waals surface area contributed by atoms with Gasteiger partial charge in [0.1, 0.15) is 12.5 Å². The Balaban J connectivity index is 2.47. The van der Waals surface area contributed by atoms with Crippen LogP contribution in [0.2, 0.25) is 0 Å². The van der Waals surface area contributed by atoms with Crippen molar-refractivity contribution >= 4 is 17.5 Å². The Kier molecular flexibility index (Phi) is 6.10. The number of amides is 2. The SMILES string of the molecule is CCCCNC(=O)CC(=O)Nc1ccccc1C#N. The molecule has 100 valence electrons. The van der Waals surface area contributed by atoms with Crippen molar-refractivity contribution in [3.8, 4) is 6.07 Å². The maximum atomic E-state index is 11.6. The molecule has 0 aromatic heterocycles. The number of nitrogens with zero attached hydrogens (tertiary/aromatic N) is 1. The van der Waals surface area contributed by atoms with Gasteiger partial charge in [0, 0.05) is 6.54 Å². The van der Waals surface area contributed by atoms with E-state index in [0.29, 0.717) is 17.8 Å². The van der Waals surface area contributed by atoms with Gasteiger partial charge in [0.25, 0.3) is 0 Å². The Labute approximate surface area is 112 Å². The molecule has 1 aromatic rings. The molecule has 5 heteroatoms. The molecular weight excluding hydrogens is 242 g/mol. The first-order valence-electron chi connectivity index (χ1n) is 6.23. The first kappa shape index (κ1) is 14.7. The van der Waals surface area contributed by atoms with Gasteiger partial charge in [-0.2, -0.15) is 5.26 Å². The average Bonchev–Trinajstić information content (AvgIpc) is 2.39. The summed E-state index contributed by atoms with van der Waals surface area (Å²) in [7, 11) is 0. The van der Waals surface area contributed by atoms with E-state index in [2.05, 4.69) is 10.6 Å². The van der Waals surface area contributed by atoms with E-state index < -0.39 is 5.91 Å². The highest BCUT2D eigenvalue weighted by Crippen LogP contribution is 2.13. The second-order valence-electron chi connectivity index (χ2n) is 4.09. The third kappa shape index (κ3) is 5.21. The normalized spacial score (nSPS) is 9.47. The van der Waals surface area contributed by atoms with Gasteiger partial charge >= 0.3 is 0 Å². The van der Waals surface area contributed by atoms with Crippen LogP contribution in [0.5, 0.6) is 0 Å². The van der Waals surface area contributed by atoms with Crippen molar-refractivity contribution in [2.75, 3.05) is 11.9 Å². The highest BCUT2D eigenvalue weighted by molar-refractivity contribution is 6.04. The first-order chi connectivity index (χ1) is 9.17. The second kappa shape index (κ2) is 7.88. The monoisotopic (exact) mass is 259 g/mol. The van der Waals surface area contributed by atoms with Crippen LogP contribution in [0, 0.1) is 11.3 Å². The molecule has 0 unspecified atom stereocenters. The molecule has 0 saturated heterocycles. The molecule has 5 nitrogen and oxygen atoms in total. The van der Waals surface area contributed by atoms with Crippen LogP contribution in [0.4, 0.5) is 5.69 Å². The summed E-state index contributed by atoms with van der Waals surface area (Å²) in [5.41, 5.74) is 0.804. The lowest BCUT2D eigenvalue weighted by molar-refractivity contribution is -0.126. The lowest BCUT2D eigenvalue weighted by atomic mass is 10.2. The quantitative estimate of drug-likeness (QED) is 0.603. The fourth-order valence-corrected chi connectivity index (χ4v) is 1.50. The first-order valence-corrected chi connectivity index (χ1v) is 6.23. The molecule has 0 aliphatic rings. The Morgan fingerprint density at radius 1 is 1.26 bits per heavy atom. The largest absolute Gasteiger partial charge is 0.356 e. The van der Waals surface area contributed by atoms with Crippen LogP contribution in [0.3, 0.4) is 0 Å². The molecule has 0 atom stereocenters. The molecule has 0 fully saturated rings. The lowest BCUT2D eigenvalue weighted by Gasteiger charge is -2.07. The number of benzene rings is 1. The minimum atomic E-state index is -0.420. The maximum absolute atomic E-state index is 11.6. The molecule has 0 radical (unpaired) electrons. The second-order valence-corrected chi connectivity index (χ2v) is 4.09. The van der Waals surface area contributed by atoms with E-state index in [4.69, 9.17) is 5.26 Å². The summed E-state index contributed by atoms with van der Waals surface area (Å²) < 4.78 is 0. The van der Waals surface area contributed by atoms with E-state index >= 15 is 0 Å². The van der Waals surface area contributed by atoms with Crippen molar-refractivity contribution in [2.24, 2.45) is 0 Å². The Hall–Kier alpha value is -2.35. The van der Waals surface area contributed by atoms with Crippen molar-refractivity contribution < 1.29 is 9.59 Å². The summed E-state index contributed by atoms with van der Waals surface area (Å²) in [6.45, 7) is 2.61. The zero-order chi connectivity index (χ0) is 14.1. The van der Waals surface area contributed by atoms with Gasteiger partial charge in [-0.15, -0.1) is 0 Å². The molecule has 1 rings (SSSR count). The van der Waals surface area contributed by atoms with Crippen molar-refractivity contribution in [3.63, 3.8) is 0 Å². The van der Waals surface area contributed by atoms with Crippen molar-refractivity contribution in [1.29, 1.82) is 5.26 Å². The van der Waals surface area contributed by atoms with Crippen molar-refractivity contribution in [3.05, 3.63) is 29.8 Å². The van der Waals surface area contributed by atoms with Gasteiger partial charge in [0.15, 0.2) is 0 Å². The number of carbonyl (C=O) groups excluding carboxylic acids is 2. The number of hydrogen-bond donors (Lipinski definition) is 2. The van der Waals surface area contributed by atoms with Crippen LogP contribution in [0.25, 0.3) is 0 Å². The van der Waals surface area contributed by atoms with Crippen LogP contribution >= 0.6 is 0 Å². The number of carbonyl (C=O) groups is 2. The van der Waals surface area contributed by atoms with Gasteiger partial charge in [0.05, 0.1) is 11.3 Å². The van der Waals surface area contributed by atoms with Gasteiger partial charge in [-0.25, -0.2) is 0 Å². The number of rotatable bonds is 6. The standard InChI is InChI=1S/C14H17N3O2/c1-2-3-8-16-13(18)9-14(19)17-12-7-5-4-6-11(12)10-15/h4-7H,2-3,8-9H2,1H3,(H,16,18)(H,17,19). The highest BCUT2D eigenvalue weighted by atomic mass is 16.2. The van der Waals surface area contributed by atoms with Crippen LogP contribution in [0.15, 0.2) is 24.3 Å². The van der Waals surface area contributed by atoms with Gasteiger partial charge in [-0.1, -0.05) is 25.5 Å². The Morgan fingerprint density at radius 3 is 2.68 bits per heavy atom. The third-order valence-electron chi connectivity index (χ3n) is 2.50. The number of nitriles is 1. The topological polar surface area (TPSA) is 82.0 Å². The summed E-state index contributed by atoms with van der Waals surface area (Å²) in [5, 5.41) is 14.1. The predicted molar refractivity (Wildman–Crippen MR) is 72.3 cm³/mol. The summed E-state index contributed by atoms with van der Waals surface area (Å²) in [5.74, 6) is -0.725. The summed E-state index contributed by atoms with van der Waals surface area (Å²) in [4.78, 5) is 23.1. The Bertz CT molecular complexity index is 492. The molecule has 0 heterocycles. The van der Waals surface area contributed by atoms with Gasteiger partial charge in [-0.3, -0.25) is 9.59 Å². The van der Waals surface area contributed by atoms with E-state index in [1.165, 1.54) is 0 Å². The van der Waals surface area contributed by atoms with Gasteiger partial charge in [0.2, 0.25) is 11.8 Å². The van der Waals surface area contributed by atoms with Crippen LogP contribution in [0.1, 0.15) is 31.7 Å². The number of para-hydroxylation sites is 1. The molecule has 0 aliphatic heterocycles. The van der Waals surface area contributed by atoms with Gasteiger partial charge < -0.3 is 10.6 Å². The molecule has 19 heavy (non-hydrogen) atoms. The van der Waals surface area contributed by atoms with Crippen molar-refractivity contribution in [2.45, 2.75) is 26.2 Å². The van der Waals surface area contributed by atoms with Crippen LogP contribution in [-0.2, 0) is 9.59 Å². The fourth-order valence-electron chi connectivity index (χ4n) is 1.50. The molecule has 1 aromatic carbocycles. The molecule has 0 saturated carbocycles. The summed E-state index contributed by atoms with van der Waals surface area (Å²) in [6.07, 6.45) is 1.65. The molecule has 0 spiro atoms. The number of anilines is 1. The lowest BCUT2D eigenvalue weighted by Crippen LogP contribution is -2.28. The number of hydrogen-bond acceptors (Lipinski definition) is 3. The van der Waals surface area contributed by atoms with E-state index in [1.807, 2.05) is 13.0 Å². The minimum Gasteiger partial charge on any atom is -0.356 e.